The Morgan fingerprint density at radius 1 is 1.18 bits per heavy atom. The van der Waals surface area contributed by atoms with Crippen molar-refractivity contribution in [3.63, 3.8) is 0 Å². The molecule has 3 N–H and O–H groups in total. The van der Waals surface area contributed by atoms with Gasteiger partial charge in [-0.1, -0.05) is 18.2 Å². The third-order valence-corrected chi connectivity index (χ3v) is 2.45. The Morgan fingerprint density at radius 3 is 2.00 bits per heavy atom. The molecule has 1 aliphatic heterocycles. The van der Waals surface area contributed by atoms with Crippen LogP contribution in [0.25, 0.3) is 0 Å². The van der Waals surface area contributed by atoms with Crippen LogP contribution < -0.4 is 5.73 Å². The van der Waals surface area contributed by atoms with Crippen molar-refractivity contribution in [1.82, 2.24) is 0 Å². The number of rotatable bonds is 1. The first kappa shape index (κ1) is 13.0. The van der Waals surface area contributed by atoms with Gasteiger partial charge >= 0.3 is 16.0 Å². The molecular weight excluding hydrogens is 246 g/mol. The lowest BCUT2D eigenvalue weighted by Crippen LogP contribution is -2.07. The second-order valence-corrected chi connectivity index (χ2v) is 4.29. The van der Waals surface area contributed by atoms with Crippen LogP contribution in [0.1, 0.15) is 0 Å². The summed E-state index contributed by atoms with van der Waals surface area (Å²) in [6.45, 7) is 0. The molecule has 0 aliphatic carbocycles. The van der Waals surface area contributed by atoms with Crippen molar-refractivity contribution in [3.05, 3.63) is 41.4 Å². The number of amides is 1. The highest BCUT2D eigenvalue weighted by atomic mass is 32.2. The number of nitrogen functional groups attached to an aromatic ring is 1. The van der Waals surface area contributed by atoms with Gasteiger partial charge in [0.05, 0.1) is 6.20 Å². The summed E-state index contributed by atoms with van der Waals surface area (Å²) in [5.41, 5.74) is 6.18. The fourth-order valence-corrected chi connectivity index (χ4v) is 1.31. The van der Waals surface area contributed by atoms with Gasteiger partial charge in [0, 0.05) is 5.69 Å². The molecule has 0 unspecified atom stereocenters. The molecule has 0 atom stereocenters. The van der Waals surface area contributed by atoms with Gasteiger partial charge in [0.15, 0.2) is 4.91 Å². The monoisotopic (exact) mass is 255 g/mol. The third-order valence-electron chi connectivity index (χ3n) is 1.61. The molecule has 1 heterocycles. The summed E-state index contributed by atoms with van der Waals surface area (Å²) in [5.74, 6) is -1.04. The third kappa shape index (κ3) is 4.13. The van der Waals surface area contributed by atoms with Gasteiger partial charge < -0.3 is 5.73 Å². The normalized spacial score (nSPS) is 13.9. The molecule has 90 valence electrons. The Hall–Kier alpha value is -2.06. The van der Waals surface area contributed by atoms with Crippen molar-refractivity contribution >= 4 is 21.7 Å². The first-order valence-corrected chi connectivity index (χ1v) is 5.78. The number of benzene rings is 1. The molecule has 0 fully saturated rings. The first-order chi connectivity index (χ1) is 7.91. The largest absolute Gasteiger partial charge is 0.399 e. The van der Waals surface area contributed by atoms with Gasteiger partial charge in [0.25, 0.3) is 0 Å². The summed E-state index contributed by atoms with van der Waals surface area (Å²) < 4.78 is 28.6. The highest BCUT2D eigenvalue weighted by molar-refractivity contribution is 7.90. The Morgan fingerprint density at radius 2 is 1.76 bits per heavy atom. The summed E-state index contributed by atoms with van der Waals surface area (Å²) in [4.78, 5) is 9.57. The highest BCUT2D eigenvalue weighted by Crippen LogP contribution is 2.12. The number of azo groups is 1. The van der Waals surface area contributed by atoms with Gasteiger partial charge in [0.1, 0.15) is 0 Å². The molecular formula is C9H9N3O4S. The van der Waals surface area contributed by atoms with Crippen molar-refractivity contribution in [2.24, 2.45) is 10.2 Å². The Kier molecular flexibility index (Phi) is 4.07. The molecule has 7 nitrogen and oxygen atoms in total. The smallest absolute Gasteiger partial charge is 0.311 e. The second kappa shape index (κ2) is 5.32. The topological polar surface area (TPSA) is 122 Å². The van der Waals surface area contributed by atoms with E-state index in [0.29, 0.717) is 6.20 Å². The maximum absolute atomic E-state index is 10.4. The quantitative estimate of drug-likeness (QED) is 0.572. The van der Waals surface area contributed by atoms with Crippen molar-refractivity contribution in [2.75, 3.05) is 5.73 Å². The molecule has 2 rings (SSSR count). The predicted molar refractivity (Wildman–Crippen MR) is 60.3 cm³/mol. The Labute approximate surface area is 97.4 Å². The van der Waals surface area contributed by atoms with E-state index in [0.717, 1.165) is 5.69 Å². The molecule has 0 aromatic heterocycles. The maximum Gasteiger partial charge on any atom is 0.311 e. The number of hydrogen-bond acceptors (Lipinski definition) is 5. The van der Waals surface area contributed by atoms with Crippen LogP contribution in [-0.2, 0) is 14.9 Å². The molecule has 1 aromatic rings. The minimum Gasteiger partial charge on any atom is -0.399 e. The predicted octanol–water partition coefficient (Wildman–Crippen LogP) is 0.977. The van der Waals surface area contributed by atoms with Gasteiger partial charge in [-0.25, -0.2) is 0 Å². The minimum atomic E-state index is -4.43. The molecule has 0 bridgehead atoms. The van der Waals surface area contributed by atoms with Gasteiger partial charge in [-0.05, 0) is 12.1 Å². The molecule has 1 amide bonds. The van der Waals surface area contributed by atoms with Crippen molar-refractivity contribution in [1.29, 1.82) is 0 Å². The lowest BCUT2D eigenvalue weighted by atomic mass is 10.3. The zero-order valence-corrected chi connectivity index (χ0v) is 9.33. The van der Waals surface area contributed by atoms with Crippen LogP contribution in [0.15, 0.2) is 51.7 Å². The second-order valence-electron chi connectivity index (χ2n) is 2.90. The zero-order chi connectivity index (χ0) is 12.9. The minimum absolute atomic E-state index is 0.692. The van der Waals surface area contributed by atoms with Gasteiger partial charge in [-0.2, -0.15) is 13.5 Å². The standard InChI is InChI=1S/C6H7N.C3H2N2O4S/c7-6-4-2-1-3-5-6;6-3-2(1-4-5-3)10(7,8)9/h1-5H,7H2;1H,(H,7,8,9). The highest BCUT2D eigenvalue weighted by Gasteiger charge is 2.25. The molecule has 0 spiro atoms. The van der Waals surface area contributed by atoms with Crippen LogP contribution in [0.4, 0.5) is 5.69 Å². The average Bonchev–Trinajstić information content (AvgIpc) is 2.66. The summed E-state index contributed by atoms with van der Waals surface area (Å²) in [6.07, 6.45) is 0.692. The van der Waals surface area contributed by atoms with Crippen LogP contribution in [0.3, 0.4) is 0 Å². The fourth-order valence-electron chi connectivity index (χ4n) is 0.868. The first-order valence-electron chi connectivity index (χ1n) is 4.34. The van der Waals surface area contributed by atoms with Crippen LogP contribution in [-0.4, -0.2) is 18.9 Å². The van der Waals surface area contributed by atoms with E-state index in [4.69, 9.17) is 10.3 Å². The number of para-hydroxylation sites is 1. The van der Waals surface area contributed by atoms with Crippen molar-refractivity contribution in [2.45, 2.75) is 0 Å². The Bertz CT molecular complexity index is 563. The van der Waals surface area contributed by atoms with E-state index in [1.807, 2.05) is 30.3 Å². The van der Waals surface area contributed by atoms with Crippen molar-refractivity contribution < 1.29 is 17.8 Å². The van der Waals surface area contributed by atoms with Crippen LogP contribution in [0.5, 0.6) is 0 Å². The average molecular weight is 255 g/mol. The number of nitrogens with two attached hydrogens (primary N) is 1. The summed E-state index contributed by atoms with van der Waals surface area (Å²) in [7, 11) is -4.43. The van der Waals surface area contributed by atoms with Crippen LogP contribution in [0, 0.1) is 0 Å². The molecule has 0 saturated carbocycles. The molecule has 1 aromatic carbocycles. The van der Waals surface area contributed by atoms with Crippen molar-refractivity contribution in [3.8, 4) is 0 Å². The van der Waals surface area contributed by atoms with Gasteiger partial charge in [-0.3, -0.25) is 9.35 Å². The molecule has 0 saturated heterocycles. The maximum atomic E-state index is 10.4. The van der Waals surface area contributed by atoms with Gasteiger partial charge in [0.2, 0.25) is 0 Å². The lowest BCUT2D eigenvalue weighted by molar-refractivity contribution is -0.113. The Balaban J connectivity index is 0.000000181. The number of anilines is 1. The van der Waals surface area contributed by atoms with E-state index in [1.54, 1.807) is 0 Å². The van der Waals surface area contributed by atoms with Gasteiger partial charge in [-0.15, -0.1) is 5.11 Å². The number of carbonyl (C=O) groups is 1. The zero-order valence-electron chi connectivity index (χ0n) is 8.52. The van der Waals surface area contributed by atoms with Crippen LogP contribution >= 0.6 is 0 Å². The molecule has 17 heavy (non-hydrogen) atoms. The number of nitrogens with zero attached hydrogens (tertiary/aromatic N) is 2. The number of hydrogen-bond donors (Lipinski definition) is 2. The molecule has 8 heteroatoms. The summed E-state index contributed by atoms with van der Waals surface area (Å²) in [6, 6.07) is 9.49. The van der Waals surface area contributed by atoms with E-state index in [9.17, 15) is 13.2 Å². The fraction of sp³-hybridized carbons (Fsp3) is 0. The van der Waals surface area contributed by atoms with E-state index in [1.165, 1.54) is 0 Å². The van der Waals surface area contributed by atoms with E-state index in [2.05, 4.69) is 10.2 Å². The summed E-state index contributed by atoms with van der Waals surface area (Å²) in [5, 5.41) is 5.82. The molecule has 1 aliphatic rings. The lowest BCUT2D eigenvalue weighted by Gasteiger charge is -1.88. The van der Waals surface area contributed by atoms with E-state index >= 15 is 0 Å². The van der Waals surface area contributed by atoms with Crippen LogP contribution in [0.2, 0.25) is 0 Å². The van der Waals surface area contributed by atoms with E-state index in [-0.39, 0.29) is 0 Å². The molecule has 0 radical (unpaired) electrons. The number of carbonyl (C=O) groups excluding carboxylic acids is 1. The summed E-state index contributed by atoms with van der Waals surface area (Å²) >= 11 is 0. The SMILES string of the molecule is Nc1ccccc1.O=C1N=NC=C1S(=O)(=O)O. The van der Waals surface area contributed by atoms with E-state index < -0.39 is 20.9 Å².